The van der Waals surface area contributed by atoms with Crippen LogP contribution in [0.5, 0.6) is 11.5 Å². The molecule has 1 heterocycles. The van der Waals surface area contributed by atoms with E-state index in [1.54, 1.807) is 18.2 Å². The van der Waals surface area contributed by atoms with Gasteiger partial charge in [-0.05, 0) is 77.0 Å². The van der Waals surface area contributed by atoms with Crippen LogP contribution in [-0.2, 0) is 9.59 Å². The van der Waals surface area contributed by atoms with E-state index in [-0.39, 0.29) is 31.4 Å². The molecule has 0 bridgehead atoms. The average Bonchev–Trinajstić information content (AvgIpc) is 3.10. The molecule has 0 fully saturated rings. The van der Waals surface area contributed by atoms with Crippen LogP contribution in [0, 0.1) is 10.5 Å². The number of hydrazone groups is 1. The summed E-state index contributed by atoms with van der Waals surface area (Å²) in [5.74, 6) is 0.786. The first-order chi connectivity index (χ1) is 13.0. The van der Waals surface area contributed by atoms with Gasteiger partial charge < -0.3 is 14.8 Å². The predicted molar refractivity (Wildman–Crippen MR) is 110 cm³/mol. The summed E-state index contributed by atoms with van der Waals surface area (Å²) >= 11 is 2.21. The lowest BCUT2D eigenvalue weighted by molar-refractivity contribution is -0.124. The molecule has 2 aromatic carbocycles. The Kier molecular flexibility index (Phi) is 6.28. The van der Waals surface area contributed by atoms with Crippen LogP contribution in [0.3, 0.4) is 0 Å². The third-order valence-electron chi connectivity index (χ3n) is 3.84. The van der Waals surface area contributed by atoms with E-state index in [4.69, 9.17) is 9.47 Å². The standard InChI is InChI=1S/C19H18IN3O4/c1-12-8-14(20)3-4-15(12)22-18(24)6-7-19(25)23-21-10-13-2-5-16-17(9-13)27-11-26-16/h2-5,8-10H,6-7,11H2,1H3,(H,22,24)(H,23,25)/b21-10+. The summed E-state index contributed by atoms with van der Waals surface area (Å²) in [4.78, 5) is 23.8. The van der Waals surface area contributed by atoms with Crippen LogP contribution >= 0.6 is 22.6 Å². The first kappa shape index (κ1) is 19.2. The van der Waals surface area contributed by atoms with E-state index in [1.165, 1.54) is 6.21 Å². The Balaban J connectivity index is 1.43. The number of rotatable bonds is 6. The number of ether oxygens (including phenoxy) is 2. The zero-order valence-electron chi connectivity index (χ0n) is 14.6. The summed E-state index contributed by atoms with van der Waals surface area (Å²) < 4.78 is 11.6. The first-order valence-electron chi connectivity index (χ1n) is 8.29. The molecule has 140 valence electrons. The molecule has 0 atom stereocenters. The molecule has 8 heteroatoms. The normalized spacial score (nSPS) is 12.2. The van der Waals surface area contributed by atoms with Crippen molar-refractivity contribution >= 4 is 46.3 Å². The second kappa shape index (κ2) is 8.85. The van der Waals surface area contributed by atoms with Gasteiger partial charge in [-0.2, -0.15) is 5.10 Å². The molecule has 0 unspecified atom stereocenters. The molecule has 2 amide bonds. The zero-order valence-corrected chi connectivity index (χ0v) is 16.8. The summed E-state index contributed by atoms with van der Waals surface area (Å²) in [5.41, 5.74) is 4.92. The second-order valence-corrected chi connectivity index (χ2v) is 7.16. The number of benzene rings is 2. The Morgan fingerprint density at radius 1 is 1.11 bits per heavy atom. The highest BCUT2D eigenvalue weighted by Crippen LogP contribution is 2.31. The average molecular weight is 479 g/mol. The lowest BCUT2D eigenvalue weighted by Crippen LogP contribution is -2.20. The molecule has 0 aromatic heterocycles. The molecule has 0 saturated heterocycles. The summed E-state index contributed by atoms with van der Waals surface area (Å²) in [5, 5.41) is 6.71. The van der Waals surface area contributed by atoms with Crippen molar-refractivity contribution in [3.63, 3.8) is 0 Å². The second-order valence-electron chi connectivity index (χ2n) is 5.91. The Labute approximate surface area is 170 Å². The van der Waals surface area contributed by atoms with Gasteiger partial charge in [0.15, 0.2) is 11.5 Å². The number of amides is 2. The van der Waals surface area contributed by atoms with Crippen molar-refractivity contribution in [3.8, 4) is 11.5 Å². The molecule has 0 saturated carbocycles. The monoisotopic (exact) mass is 479 g/mol. The highest BCUT2D eigenvalue weighted by Gasteiger charge is 2.12. The van der Waals surface area contributed by atoms with E-state index in [0.29, 0.717) is 11.5 Å². The number of carbonyl (C=O) groups excluding carboxylic acids is 2. The maximum Gasteiger partial charge on any atom is 0.240 e. The van der Waals surface area contributed by atoms with E-state index < -0.39 is 0 Å². The number of carbonyl (C=O) groups is 2. The first-order valence-corrected chi connectivity index (χ1v) is 9.37. The van der Waals surface area contributed by atoms with Gasteiger partial charge in [0.25, 0.3) is 0 Å². The van der Waals surface area contributed by atoms with Crippen LogP contribution in [0.1, 0.15) is 24.0 Å². The topological polar surface area (TPSA) is 89.0 Å². The predicted octanol–water partition coefficient (Wildman–Crippen LogP) is 3.20. The molecule has 7 nitrogen and oxygen atoms in total. The Morgan fingerprint density at radius 2 is 1.89 bits per heavy atom. The molecule has 3 rings (SSSR count). The van der Waals surface area contributed by atoms with Crippen molar-refractivity contribution < 1.29 is 19.1 Å². The lowest BCUT2D eigenvalue weighted by atomic mass is 10.2. The summed E-state index contributed by atoms with van der Waals surface area (Å²) in [7, 11) is 0. The maximum atomic E-state index is 12.0. The van der Waals surface area contributed by atoms with Crippen LogP contribution in [0.25, 0.3) is 0 Å². The number of halogens is 1. The van der Waals surface area contributed by atoms with E-state index >= 15 is 0 Å². The number of hydrogen-bond acceptors (Lipinski definition) is 5. The third kappa shape index (κ3) is 5.43. The van der Waals surface area contributed by atoms with Crippen molar-refractivity contribution in [3.05, 3.63) is 51.1 Å². The Morgan fingerprint density at radius 3 is 2.70 bits per heavy atom. The van der Waals surface area contributed by atoms with E-state index in [9.17, 15) is 9.59 Å². The van der Waals surface area contributed by atoms with Crippen molar-refractivity contribution in [2.45, 2.75) is 19.8 Å². The molecule has 0 aliphatic carbocycles. The fourth-order valence-electron chi connectivity index (χ4n) is 2.44. The molecule has 27 heavy (non-hydrogen) atoms. The molecule has 1 aliphatic heterocycles. The Hall–Kier alpha value is -2.62. The smallest absolute Gasteiger partial charge is 0.240 e. The summed E-state index contributed by atoms with van der Waals surface area (Å²) in [6, 6.07) is 11.1. The van der Waals surface area contributed by atoms with E-state index in [2.05, 4.69) is 38.4 Å². The number of hydrogen-bond donors (Lipinski definition) is 2. The summed E-state index contributed by atoms with van der Waals surface area (Å²) in [6.07, 6.45) is 1.64. The molecular formula is C19H18IN3O4. The van der Waals surface area contributed by atoms with Gasteiger partial charge in [-0.3, -0.25) is 9.59 Å². The quantitative estimate of drug-likeness (QED) is 0.379. The Bertz CT molecular complexity index is 899. The number of fused-ring (bicyclic) bond motifs is 1. The lowest BCUT2D eigenvalue weighted by Gasteiger charge is -2.08. The molecule has 2 aromatic rings. The van der Waals surface area contributed by atoms with E-state index in [1.807, 2.05) is 25.1 Å². The third-order valence-corrected chi connectivity index (χ3v) is 4.51. The van der Waals surface area contributed by atoms with Gasteiger partial charge in [0, 0.05) is 22.1 Å². The van der Waals surface area contributed by atoms with Crippen LogP contribution in [0.15, 0.2) is 41.5 Å². The fraction of sp³-hybridized carbons (Fsp3) is 0.211. The number of nitrogens with one attached hydrogen (secondary N) is 2. The minimum atomic E-state index is -0.332. The van der Waals surface area contributed by atoms with Gasteiger partial charge in [0.05, 0.1) is 6.21 Å². The van der Waals surface area contributed by atoms with Gasteiger partial charge in [-0.15, -0.1) is 0 Å². The van der Waals surface area contributed by atoms with Gasteiger partial charge in [0.2, 0.25) is 18.6 Å². The number of nitrogens with zero attached hydrogens (tertiary/aromatic N) is 1. The molecule has 1 aliphatic rings. The highest BCUT2D eigenvalue weighted by molar-refractivity contribution is 14.1. The molecule has 2 N–H and O–H groups in total. The van der Waals surface area contributed by atoms with Crippen molar-refractivity contribution in [2.75, 3.05) is 12.1 Å². The van der Waals surface area contributed by atoms with Crippen LogP contribution in [-0.4, -0.2) is 24.8 Å². The summed E-state index contributed by atoms with van der Waals surface area (Å²) in [6.45, 7) is 2.13. The van der Waals surface area contributed by atoms with Crippen molar-refractivity contribution in [1.29, 1.82) is 0 Å². The van der Waals surface area contributed by atoms with Crippen LogP contribution in [0.2, 0.25) is 0 Å². The van der Waals surface area contributed by atoms with Crippen LogP contribution < -0.4 is 20.2 Å². The maximum absolute atomic E-state index is 12.0. The molecule has 0 radical (unpaired) electrons. The minimum Gasteiger partial charge on any atom is -0.454 e. The SMILES string of the molecule is Cc1cc(I)ccc1NC(=O)CCC(=O)N/N=C/c1ccc2c(c1)OCO2. The van der Waals surface area contributed by atoms with Crippen molar-refractivity contribution in [2.24, 2.45) is 5.10 Å². The van der Waals surface area contributed by atoms with E-state index in [0.717, 1.165) is 20.4 Å². The molecule has 0 spiro atoms. The highest BCUT2D eigenvalue weighted by atomic mass is 127. The van der Waals surface area contributed by atoms with Crippen LogP contribution in [0.4, 0.5) is 5.69 Å². The van der Waals surface area contributed by atoms with Gasteiger partial charge >= 0.3 is 0 Å². The van der Waals surface area contributed by atoms with Crippen molar-refractivity contribution in [1.82, 2.24) is 5.43 Å². The van der Waals surface area contributed by atoms with Gasteiger partial charge in [0.1, 0.15) is 0 Å². The van der Waals surface area contributed by atoms with Gasteiger partial charge in [-0.25, -0.2) is 5.43 Å². The fourth-order valence-corrected chi connectivity index (χ4v) is 3.08. The number of aryl methyl sites for hydroxylation is 1. The molecular weight excluding hydrogens is 461 g/mol. The zero-order chi connectivity index (χ0) is 19.2. The van der Waals surface area contributed by atoms with Gasteiger partial charge in [-0.1, -0.05) is 0 Å². The number of anilines is 1. The minimum absolute atomic E-state index is 0.0493. The largest absolute Gasteiger partial charge is 0.454 e.